The van der Waals surface area contributed by atoms with Crippen LogP contribution in [0.1, 0.15) is 57.4 Å². The third kappa shape index (κ3) is 6.15. The molecule has 1 amide bonds. The van der Waals surface area contributed by atoms with Crippen molar-refractivity contribution in [3.8, 4) is 0 Å². The van der Waals surface area contributed by atoms with Gasteiger partial charge in [0.2, 0.25) is 5.91 Å². The van der Waals surface area contributed by atoms with Gasteiger partial charge in [-0.25, -0.2) is 0 Å². The summed E-state index contributed by atoms with van der Waals surface area (Å²) in [7, 11) is 0. The van der Waals surface area contributed by atoms with Crippen LogP contribution >= 0.6 is 12.4 Å². The molecule has 1 atom stereocenters. The fourth-order valence-corrected chi connectivity index (χ4v) is 3.57. The van der Waals surface area contributed by atoms with E-state index < -0.39 is 0 Å². The predicted octanol–water partition coefficient (Wildman–Crippen LogP) is 3.85. The highest BCUT2D eigenvalue weighted by Crippen LogP contribution is 2.38. The summed E-state index contributed by atoms with van der Waals surface area (Å²) in [6, 6.07) is 10.6. The quantitative estimate of drug-likeness (QED) is 0.793. The molecule has 0 aromatic heterocycles. The highest BCUT2D eigenvalue weighted by molar-refractivity contribution is 5.85. The number of hydrogen-bond acceptors (Lipinski definition) is 2. The summed E-state index contributed by atoms with van der Waals surface area (Å²) in [6.45, 7) is 2.77. The van der Waals surface area contributed by atoms with Crippen LogP contribution in [0.3, 0.4) is 0 Å². The van der Waals surface area contributed by atoms with Gasteiger partial charge in [0.05, 0.1) is 0 Å². The van der Waals surface area contributed by atoms with Gasteiger partial charge in [-0.05, 0) is 43.2 Å². The largest absolute Gasteiger partial charge is 0.353 e. The molecule has 1 aromatic rings. The molecule has 1 unspecified atom stereocenters. The van der Waals surface area contributed by atoms with Crippen molar-refractivity contribution in [3.63, 3.8) is 0 Å². The number of hydrogen-bond donors (Lipinski definition) is 2. The number of rotatable bonds is 7. The molecule has 3 nitrogen and oxygen atoms in total. The third-order valence-corrected chi connectivity index (χ3v) is 5.07. The standard InChI is InChI=1S/C19H30N2O.ClH/c1-2-17(13-16-9-5-3-6-10-16)21-18(22)14-19(15-20)11-7-4-8-12-19;/h3,5-6,9-10,17H,2,4,7-8,11-15,20H2,1H3,(H,21,22);1H. The number of nitrogens with one attached hydrogen (secondary N) is 1. The zero-order valence-electron chi connectivity index (χ0n) is 14.2. The van der Waals surface area contributed by atoms with E-state index in [9.17, 15) is 4.79 Å². The average molecular weight is 339 g/mol. The molecule has 130 valence electrons. The second kappa shape index (κ2) is 9.94. The number of amides is 1. The molecule has 2 rings (SSSR count). The van der Waals surface area contributed by atoms with Crippen molar-refractivity contribution in [1.82, 2.24) is 5.32 Å². The topological polar surface area (TPSA) is 55.1 Å². The minimum atomic E-state index is 0. The number of benzene rings is 1. The van der Waals surface area contributed by atoms with Crippen LogP contribution in [-0.2, 0) is 11.2 Å². The van der Waals surface area contributed by atoms with Gasteiger partial charge in [-0.1, -0.05) is 56.5 Å². The van der Waals surface area contributed by atoms with E-state index in [0.29, 0.717) is 13.0 Å². The van der Waals surface area contributed by atoms with E-state index in [2.05, 4.69) is 36.5 Å². The van der Waals surface area contributed by atoms with E-state index in [4.69, 9.17) is 5.73 Å². The molecule has 0 radical (unpaired) electrons. The van der Waals surface area contributed by atoms with Crippen molar-refractivity contribution < 1.29 is 4.79 Å². The SMILES string of the molecule is CCC(Cc1ccccc1)NC(=O)CC1(CN)CCCCC1.Cl. The van der Waals surface area contributed by atoms with Gasteiger partial charge in [-0.15, -0.1) is 12.4 Å². The Kier molecular flexibility index (Phi) is 8.64. The van der Waals surface area contributed by atoms with Gasteiger partial charge in [0, 0.05) is 12.5 Å². The van der Waals surface area contributed by atoms with Gasteiger partial charge >= 0.3 is 0 Å². The van der Waals surface area contributed by atoms with Crippen LogP contribution < -0.4 is 11.1 Å². The van der Waals surface area contributed by atoms with Gasteiger partial charge in [-0.3, -0.25) is 4.79 Å². The van der Waals surface area contributed by atoms with Gasteiger partial charge in [0.1, 0.15) is 0 Å². The molecular formula is C19H31ClN2O. The summed E-state index contributed by atoms with van der Waals surface area (Å²) in [4.78, 5) is 12.5. The fourth-order valence-electron chi connectivity index (χ4n) is 3.57. The van der Waals surface area contributed by atoms with Crippen molar-refractivity contribution in [2.24, 2.45) is 11.1 Å². The Morgan fingerprint density at radius 3 is 2.43 bits per heavy atom. The molecule has 1 aromatic carbocycles. The maximum Gasteiger partial charge on any atom is 0.220 e. The molecule has 0 aliphatic heterocycles. The summed E-state index contributed by atoms with van der Waals surface area (Å²) in [5.74, 6) is 0.176. The summed E-state index contributed by atoms with van der Waals surface area (Å²) in [5, 5.41) is 3.23. The summed E-state index contributed by atoms with van der Waals surface area (Å²) >= 11 is 0. The van der Waals surface area contributed by atoms with Crippen LogP contribution in [-0.4, -0.2) is 18.5 Å². The molecule has 0 bridgehead atoms. The third-order valence-electron chi connectivity index (χ3n) is 5.07. The van der Waals surface area contributed by atoms with Crippen molar-refractivity contribution in [3.05, 3.63) is 35.9 Å². The van der Waals surface area contributed by atoms with Crippen LogP contribution in [0, 0.1) is 5.41 Å². The van der Waals surface area contributed by atoms with Gasteiger partial charge < -0.3 is 11.1 Å². The van der Waals surface area contributed by atoms with E-state index >= 15 is 0 Å². The number of carbonyl (C=O) groups is 1. The molecule has 1 aliphatic rings. The first-order valence-electron chi connectivity index (χ1n) is 8.71. The minimum Gasteiger partial charge on any atom is -0.353 e. The van der Waals surface area contributed by atoms with E-state index in [1.165, 1.54) is 24.8 Å². The molecule has 1 saturated carbocycles. The highest BCUT2D eigenvalue weighted by Gasteiger charge is 2.33. The molecule has 0 spiro atoms. The molecule has 23 heavy (non-hydrogen) atoms. The molecule has 0 heterocycles. The summed E-state index contributed by atoms with van der Waals surface area (Å²) in [6.07, 6.45) is 8.37. The lowest BCUT2D eigenvalue weighted by molar-refractivity contribution is -0.124. The average Bonchev–Trinajstić information content (AvgIpc) is 2.56. The Hall–Kier alpha value is -1.06. The predicted molar refractivity (Wildman–Crippen MR) is 98.8 cm³/mol. The second-order valence-electron chi connectivity index (χ2n) is 6.80. The first-order valence-corrected chi connectivity index (χ1v) is 8.71. The fraction of sp³-hybridized carbons (Fsp3) is 0.632. The molecule has 1 fully saturated rings. The zero-order valence-corrected chi connectivity index (χ0v) is 15.0. The lowest BCUT2D eigenvalue weighted by Crippen LogP contribution is -2.42. The van der Waals surface area contributed by atoms with E-state index in [1.54, 1.807) is 0 Å². The maximum atomic E-state index is 12.5. The molecule has 1 aliphatic carbocycles. The Morgan fingerprint density at radius 2 is 1.87 bits per heavy atom. The van der Waals surface area contributed by atoms with Crippen LogP contribution in [0.25, 0.3) is 0 Å². The van der Waals surface area contributed by atoms with Crippen LogP contribution in [0.15, 0.2) is 30.3 Å². The lowest BCUT2D eigenvalue weighted by Gasteiger charge is -2.36. The zero-order chi connectivity index (χ0) is 15.8. The first-order chi connectivity index (χ1) is 10.7. The molecular weight excluding hydrogens is 308 g/mol. The van der Waals surface area contributed by atoms with Crippen molar-refractivity contribution in [1.29, 1.82) is 0 Å². The Bertz CT molecular complexity index is 458. The number of halogens is 1. The highest BCUT2D eigenvalue weighted by atomic mass is 35.5. The van der Waals surface area contributed by atoms with Gasteiger partial charge in [-0.2, -0.15) is 0 Å². The minimum absolute atomic E-state index is 0. The van der Waals surface area contributed by atoms with Gasteiger partial charge in [0.25, 0.3) is 0 Å². The lowest BCUT2D eigenvalue weighted by atomic mass is 9.71. The van der Waals surface area contributed by atoms with Crippen LogP contribution in [0.5, 0.6) is 0 Å². The summed E-state index contributed by atoms with van der Waals surface area (Å²) < 4.78 is 0. The van der Waals surface area contributed by atoms with Crippen molar-refractivity contribution in [2.45, 2.75) is 64.3 Å². The Labute approximate surface area is 146 Å². The number of carbonyl (C=O) groups excluding carboxylic acids is 1. The van der Waals surface area contributed by atoms with E-state index in [0.717, 1.165) is 25.7 Å². The van der Waals surface area contributed by atoms with E-state index in [1.807, 2.05) is 6.07 Å². The normalized spacial score (nSPS) is 17.8. The van der Waals surface area contributed by atoms with E-state index in [-0.39, 0.29) is 29.8 Å². The van der Waals surface area contributed by atoms with Crippen molar-refractivity contribution in [2.75, 3.05) is 6.54 Å². The number of nitrogens with two attached hydrogens (primary N) is 1. The first kappa shape index (κ1) is 20.0. The monoisotopic (exact) mass is 338 g/mol. The molecule has 4 heteroatoms. The molecule has 0 saturated heterocycles. The Balaban J connectivity index is 0.00000264. The second-order valence-corrected chi connectivity index (χ2v) is 6.80. The van der Waals surface area contributed by atoms with Crippen molar-refractivity contribution >= 4 is 18.3 Å². The summed E-state index contributed by atoms with van der Waals surface area (Å²) in [5.41, 5.74) is 7.32. The van der Waals surface area contributed by atoms with Gasteiger partial charge in [0.15, 0.2) is 0 Å². The smallest absolute Gasteiger partial charge is 0.220 e. The van der Waals surface area contributed by atoms with Crippen LogP contribution in [0.2, 0.25) is 0 Å². The molecule has 3 N–H and O–H groups in total. The van der Waals surface area contributed by atoms with Crippen LogP contribution in [0.4, 0.5) is 0 Å². The maximum absolute atomic E-state index is 12.5. The Morgan fingerprint density at radius 1 is 1.22 bits per heavy atom.